The Hall–Kier alpha value is -3.08. The fraction of sp³-hybridized carbons (Fsp3) is 0. The van der Waals surface area contributed by atoms with Crippen LogP contribution in [0.5, 0.6) is 0 Å². The van der Waals surface area contributed by atoms with Crippen molar-refractivity contribution in [2.75, 3.05) is 0 Å². The lowest BCUT2D eigenvalue weighted by atomic mass is 10.2. The lowest BCUT2D eigenvalue weighted by Gasteiger charge is -1.99. The fourth-order valence-electron chi connectivity index (χ4n) is 1.94. The van der Waals surface area contributed by atoms with Crippen molar-refractivity contribution in [1.82, 2.24) is 9.78 Å². The second-order valence-corrected chi connectivity index (χ2v) is 4.37. The van der Waals surface area contributed by atoms with Crippen LogP contribution in [0.15, 0.2) is 83.0 Å². The molecule has 1 aromatic heterocycles. The molecule has 1 heterocycles. The molecule has 0 aliphatic rings. The van der Waals surface area contributed by atoms with Gasteiger partial charge >= 0.3 is 0 Å². The van der Waals surface area contributed by atoms with Crippen LogP contribution < -0.4 is 0 Å². The first-order chi connectivity index (χ1) is 10.4. The molecular weight excluding hydrogens is 262 g/mol. The average Bonchev–Trinajstić information content (AvgIpc) is 3.04. The molecule has 1 N–H and O–H groups in total. The Labute approximate surface area is 122 Å². The van der Waals surface area contributed by atoms with Gasteiger partial charge in [0, 0.05) is 11.8 Å². The minimum absolute atomic E-state index is 0.225. The topological polar surface area (TPSA) is 66.4 Å². The minimum Gasteiger partial charge on any atom is -0.210 e. The monoisotopic (exact) mass is 275 g/mol. The van der Waals surface area contributed by atoms with Gasteiger partial charge in [-0.3, -0.25) is 0 Å². The van der Waals surface area contributed by atoms with Gasteiger partial charge in [-0.25, -0.2) is 15.2 Å². The molecule has 0 aliphatic carbocycles. The van der Waals surface area contributed by atoms with E-state index in [1.54, 1.807) is 6.20 Å². The Balaban J connectivity index is 1.94. The Bertz CT molecular complexity index is 760. The summed E-state index contributed by atoms with van der Waals surface area (Å²) in [7, 11) is 0. The van der Waals surface area contributed by atoms with Crippen LogP contribution in [0.25, 0.3) is 11.3 Å². The second kappa shape index (κ2) is 5.92. The van der Waals surface area contributed by atoms with Crippen molar-refractivity contribution in [2.24, 2.45) is 10.1 Å². The van der Waals surface area contributed by atoms with Gasteiger partial charge in [-0.2, -0.15) is 5.10 Å². The zero-order chi connectivity index (χ0) is 14.5. The van der Waals surface area contributed by atoms with Crippen LogP contribution in [0.2, 0.25) is 0 Å². The highest BCUT2D eigenvalue weighted by atomic mass is 15.4. The summed E-state index contributed by atoms with van der Waals surface area (Å²) in [5.74, 6) is 0.225. The third kappa shape index (κ3) is 2.92. The molecule has 0 atom stereocenters. The summed E-state index contributed by atoms with van der Waals surface area (Å²) in [4.78, 5) is 4.32. The van der Waals surface area contributed by atoms with E-state index >= 15 is 0 Å². The maximum absolute atomic E-state index is 7.29. The maximum Gasteiger partial charge on any atom is 0.269 e. The third-order valence-electron chi connectivity index (χ3n) is 2.95. The van der Waals surface area contributed by atoms with Gasteiger partial charge in [0.2, 0.25) is 0 Å². The predicted octanol–water partition coefficient (Wildman–Crippen LogP) is 4.12. The van der Waals surface area contributed by atoms with E-state index in [1.807, 2.05) is 66.7 Å². The largest absolute Gasteiger partial charge is 0.269 e. The number of hydrogen-bond acceptors (Lipinski definition) is 3. The maximum atomic E-state index is 7.29. The van der Waals surface area contributed by atoms with Crippen LogP contribution in [-0.2, 0) is 0 Å². The average molecular weight is 275 g/mol. The van der Waals surface area contributed by atoms with E-state index in [9.17, 15) is 0 Å². The zero-order valence-electron chi connectivity index (χ0n) is 11.2. The number of aromatic nitrogens is 2. The normalized spacial score (nSPS) is 11.3. The van der Waals surface area contributed by atoms with Gasteiger partial charge < -0.3 is 0 Å². The fourth-order valence-corrected chi connectivity index (χ4v) is 1.94. The molecule has 102 valence electrons. The summed E-state index contributed by atoms with van der Waals surface area (Å²) < 4.78 is 1.50. The van der Waals surface area contributed by atoms with Gasteiger partial charge in [0.25, 0.3) is 5.96 Å². The highest BCUT2D eigenvalue weighted by molar-refractivity contribution is 5.84. The van der Waals surface area contributed by atoms with E-state index in [0.717, 1.165) is 16.9 Å². The standard InChI is InChI=1S/C16H13N5/c17-19-16(18-14-9-5-2-6-10-14)21-12-11-15(20-21)13-7-3-1-4-8-13/h1-12,17H. The van der Waals surface area contributed by atoms with E-state index in [0.29, 0.717) is 0 Å². The van der Waals surface area contributed by atoms with E-state index in [-0.39, 0.29) is 5.96 Å². The van der Waals surface area contributed by atoms with Gasteiger partial charge in [-0.1, -0.05) is 48.5 Å². The molecule has 0 saturated carbocycles. The first-order valence-electron chi connectivity index (χ1n) is 6.49. The molecule has 3 rings (SSSR count). The van der Waals surface area contributed by atoms with Crippen LogP contribution in [0.4, 0.5) is 5.69 Å². The molecule has 5 heteroatoms. The number of nitrogens with zero attached hydrogens (tertiary/aromatic N) is 4. The summed E-state index contributed by atoms with van der Waals surface area (Å²) >= 11 is 0. The highest BCUT2D eigenvalue weighted by Gasteiger charge is 2.06. The highest BCUT2D eigenvalue weighted by Crippen LogP contribution is 2.17. The van der Waals surface area contributed by atoms with Crippen LogP contribution in [0, 0.1) is 5.53 Å². The number of rotatable bonds is 2. The number of nitrogens with one attached hydrogen (secondary N) is 1. The van der Waals surface area contributed by atoms with Crippen molar-refractivity contribution >= 4 is 11.6 Å². The third-order valence-corrected chi connectivity index (χ3v) is 2.95. The van der Waals surface area contributed by atoms with Crippen molar-refractivity contribution < 1.29 is 0 Å². The molecule has 0 saturated heterocycles. The van der Waals surface area contributed by atoms with Crippen molar-refractivity contribution in [2.45, 2.75) is 0 Å². The molecule has 0 spiro atoms. The molecule has 0 unspecified atom stereocenters. The van der Waals surface area contributed by atoms with Gasteiger partial charge in [-0.05, 0) is 18.2 Å². The van der Waals surface area contributed by atoms with Crippen LogP contribution >= 0.6 is 0 Å². The van der Waals surface area contributed by atoms with Crippen molar-refractivity contribution in [3.05, 3.63) is 72.9 Å². The number of para-hydroxylation sites is 1. The predicted molar refractivity (Wildman–Crippen MR) is 81.7 cm³/mol. The lowest BCUT2D eigenvalue weighted by molar-refractivity contribution is 0.903. The van der Waals surface area contributed by atoms with Crippen LogP contribution in [0.1, 0.15) is 0 Å². The first-order valence-corrected chi connectivity index (χ1v) is 6.49. The minimum atomic E-state index is 0.225. The Morgan fingerprint density at radius 3 is 2.24 bits per heavy atom. The van der Waals surface area contributed by atoms with E-state index in [2.05, 4.69) is 15.2 Å². The van der Waals surface area contributed by atoms with Crippen molar-refractivity contribution in [1.29, 1.82) is 5.53 Å². The van der Waals surface area contributed by atoms with E-state index in [4.69, 9.17) is 5.53 Å². The summed E-state index contributed by atoms with van der Waals surface area (Å²) in [5.41, 5.74) is 9.86. The summed E-state index contributed by atoms with van der Waals surface area (Å²) in [6.45, 7) is 0. The molecule has 0 fully saturated rings. The van der Waals surface area contributed by atoms with Crippen LogP contribution in [-0.4, -0.2) is 15.7 Å². The van der Waals surface area contributed by atoms with Crippen LogP contribution in [0.3, 0.4) is 0 Å². The summed E-state index contributed by atoms with van der Waals surface area (Å²) in [6.07, 6.45) is 1.75. The molecule has 3 aromatic rings. The SMILES string of the molecule is N=NC(=Nc1ccccc1)n1ccc(-c2ccccc2)n1. The molecular formula is C16H13N5. The molecule has 0 radical (unpaired) electrons. The molecule has 2 aromatic carbocycles. The smallest absolute Gasteiger partial charge is 0.210 e. The van der Waals surface area contributed by atoms with E-state index < -0.39 is 0 Å². The summed E-state index contributed by atoms with van der Waals surface area (Å²) in [5, 5.41) is 7.88. The van der Waals surface area contributed by atoms with Gasteiger partial charge in [0.05, 0.1) is 11.4 Å². The molecule has 0 bridgehead atoms. The molecule has 5 nitrogen and oxygen atoms in total. The number of benzene rings is 2. The second-order valence-electron chi connectivity index (χ2n) is 4.37. The molecule has 0 amide bonds. The Morgan fingerprint density at radius 2 is 1.57 bits per heavy atom. The van der Waals surface area contributed by atoms with Gasteiger partial charge in [0.1, 0.15) is 0 Å². The molecule has 0 aliphatic heterocycles. The van der Waals surface area contributed by atoms with Gasteiger partial charge in [-0.15, -0.1) is 5.11 Å². The van der Waals surface area contributed by atoms with Gasteiger partial charge in [0.15, 0.2) is 0 Å². The van der Waals surface area contributed by atoms with Crippen molar-refractivity contribution in [3.8, 4) is 11.3 Å². The quantitative estimate of drug-likeness (QED) is 0.426. The zero-order valence-corrected chi connectivity index (χ0v) is 11.2. The Morgan fingerprint density at radius 1 is 0.905 bits per heavy atom. The number of hydrogen-bond donors (Lipinski definition) is 1. The van der Waals surface area contributed by atoms with Crippen molar-refractivity contribution in [3.63, 3.8) is 0 Å². The first kappa shape index (κ1) is 12.9. The molecule has 21 heavy (non-hydrogen) atoms. The summed E-state index contributed by atoms with van der Waals surface area (Å²) in [6, 6.07) is 21.1. The lowest BCUT2D eigenvalue weighted by Crippen LogP contribution is -2.08. The Kier molecular flexibility index (Phi) is 3.64. The number of aliphatic imine (C=N–C) groups is 1. The van der Waals surface area contributed by atoms with E-state index in [1.165, 1.54) is 4.68 Å².